The molecule has 0 aromatic heterocycles. The number of carbonyl (C=O) groups is 3. The molecule has 6 fully saturated rings. The third-order valence-corrected chi connectivity index (χ3v) is 20.3. The van der Waals surface area contributed by atoms with Crippen LogP contribution in [0.15, 0.2) is 34.9 Å². The van der Waals surface area contributed by atoms with Crippen LogP contribution < -0.4 is 0 Å². The maximum Gasteiger partial charge on any atom is 0.126 e. The Morgan fingerprint density at radius 2 is 1.08 bits per heavy atom. The van der Waals surface area contributed by atoms with Crippen LogP contribution in [-0.4, -0.2) is 18.9 Å². The van der Waals surface area contributed by atoms with Crippen molar-refractivity contribution >= 4 is 18.9 Å². The first-order valence-electron chi connectivity index (χ1n) is 26.1. The summed E-state index contributed by atoms with van der Waals surface area (Å²) in [6.45, 7) is 20.8. The van der Waals surface area contributed by atoms with E-state index in [2.05, 4.69) is 80.5 Å². The van der Waals surface area contributed by atoms with Gasteiger partial charge in [0.15, 0.2) is 0 Å². The summed E-state index contributed by atoms with van der Waals surface area (Å²) in [7, 11) is 0. The number of allylic oxidation sites excluding steroid dienone is 6. The average Bonchev–Trinajstić information content (AvgIpc) is 3.26. The highest BCUT2D eigenvalue weighted by Gasteiger charge is 2.52. The van der Waals surface area contributed by atoms with Gasteiger partial charge in [0.25, 0.3) is 0 Å². The highest BCUT2D eigenvalue weighted by atomic mass is 16.1. The van der Waals surface area contributed by atoms with Gasteiger partial charge < -0.3 is 14.4 Å². The van der Waals surface area contributed by atoms with Crippen molar-refractivity contribution in [2.24, 2.45) is 105 Å². The van der Waals surface area contributed by atoms with Gasteiger partial charge in [-0.15, -0.1) is 0 Å². The fourth-order valence-corrected chi connectivity index (χ4v) is 16.5. The Morgan fingerprint density at radius 3 is 1.63 bits per heavy atom. The van der Waals surface area contributed by atoms with Crippen LogP contribution in [0.4, 0.5) is 0 Å². The van der Waals surface area contributed by atoms with Gasteiger partial charge >= 0.3 is 0 Å². The van der Waals surface area contributed by atoms with Gasteiger partial charge in [0.05, 0.1) is 0 Å². The smallest absolute Gasteiger partial charge is 0.126 e. The fourth-order valence-electron chi connectivity index (χ4n) is 16.5. The number of aldehydes is 3. The summed E-state index contributed by atoms with van der Waals surface area (Å²) in [4.78, 5) is 34.9. The van der Waals surface area contributed by atoms with Crippen molar-refractivity contribution in [3.63, 3.8) is 0 Å². The first-order valence-corrected chi connectivity index (χ1v) is 26.1. The summed E-state index contributed by atoms with van der Waals surface area (Å²) in [5.41, 5.74) is 4.83. The average molecular weight is 876 g/mol. The van der Waals surface area contributed by atoms with E-state index in [0.717, 1.165) is 90.8 Å². The molecule has 0 aromatic rings. The van der Waals surface area contributed by atoms with Crippen LogP contribution in [0.1, 0.15) is 222 Å². The van der Waals surface area contributed by atoms with Gasteiger partial charge in [-0.3, -0.25) is 0 Å². The molecule has 6 saturated carbocycles. The number of fused-ring (bicyclic) bond motifs is 9. The van der Waals surface area contributed by atoms with E-state index in [1.807, 2.05) is 0 Å². The third-order valence-electron chi connectivity index (χ3n) is 20.3. The van der Waals surface area contributed by atoms with Crippen LogP contribution in [0.3, 0.4) is 0 Å². The van der Waals surface area contributed by atoms with Crippen molar-refractivity contribution in [2.45, 2.75) is 219 Å². The molecule has 0 aliphatic heterocycles. The monoisotopic (exact) mass is 875 g/mol. The zero-order valence-electron chi connectivity index (χ0n) is 40.2. The molecule has 3 nitrogen and oxygen atoms in total. The minimum atomic E-state index is -0.0625. The van der Waals surface area contributed by atoms with E-state index in [1.54, 1.807) is 16.7 Å². The van der Waals surface area contributed by atoms with Crippen molar-refractivity contribution in [1.82, 2.24) is 0 Å². The van der Waals surface area contributed by atoms with E-state index in [0.29, 0.717) is 23.7 Å². The van der Waals surface area contributed by atoms with Crippen LogP contribution >= 0.6 is 0 Å². The Balaban J connectivity index is 0.000000323. The standard InChI is InChI=1S/C19H32O.C19H30O.C19H28O.3CH4.2H2/c3*1-13(2)14-6-8-16-15(11-14)7-9-18-17(16)5-4-10-19(18,3)12-20;;;;;/h12-18H,4-11H2,1-3H3;11-13,15-18H,4-10H2,1-3H3;7,11-13,16-18H,4-6,8-10H2,1-3H3;3*1H4;2*1H/t14?,15?,16-,17+,18+,19-;15?,16-,17+,18+,19-;16-,17+,18+,19-;;;;;/m000...../s1. The first-order chi connectivity index (χ1) is 28.6. The second kappa shape index (κ2) is 22.4. The van der Waals surface area contributed by atoms with Crippen LogP contribution in [0.25, 0.3) is 0 Å². The second-order valence-corrected chi connectivity index (χ2v) is 24.5. The third kappa shape index (κ3) is 11.0. The van der Waals surface area contributed by atoms with Crippen molar-refractivity contribution in [2.75, 3.05) is 0 Å². The van der Waals surface area contributed by atoms with Crippen molar-refractivity contribution < 1.29 is 17.2 Å². The number of hydrogen-bond acceptors (Lipinski definition) is 3. The quantitative estimate of drug-likeness (QED) is 0.197. The minimum absolute atomic E-state index is 0. The molecule has 9 rings (SSSR count). The van der Waals surface area contributed by atoms with Gasteiger partial charge in [0.1, 0.15) is 18.9 Å². The van der Waals surface area contributed by atoms with E-state index in [4.69, 9.17) is 0 Å². The van der Waals surface area contributed by atoms with E-state index >= 15 is 0 Å². The summed E-state index contributed by atoms with van der Waals surface area (Å²) >= 11 is 0. The lowest BCUT2D eigenvalue weighted by molar-refractivity contribution is -0.128. The van der Waals surface area contributed by atoms with Gasteiger partial charge in [0.2, 0.25) is 0 Å². The SMILES string of the molecule is C.C.C.CC(C)C1=CC2=CC[C@@H]3[C@H](CCC[C@@]3(C)C=O)[C@H]2CC1.CC(C)C1=CC2CC[C@@H]3[C@H](CCC[C@@]3(C)C=O)[C@H]2CC1.CC(C)C1CC[C@H]2C(CC[C@@H]3[C@@H]2CCC[C@@]3(C)C=O)C1.[HH].[HH]. The Morgan fingerprint density at radius 1 is 0.556 bits per heavy atom. The lowest BCUT2D eigenvalue weighted by atomic mass is 9.50. The van der Waals surface area contributed by atoms with Gasteiger partial charge in [-0.25, -0.2) is 0 Å². The maximum atomic E-state index is 11.6. The molecule has 3 heteroatoms. The minimum Gasteiger partial charge on any atom is -0.303 e. The van der Waals surface area contributed by atoms with E-state index in [-0.39, 0.29) is 41.4 Å². The number of carbonyl (C=O) groups excluding carboxylic acids is 3. The molecule has 0 heterocycles. The Bertz CT molecular complexity index is 1610. The van der Waals surface area contributed by atoms with E-state index in [9.17, 15) is 14.4 Å². The van der Waals surface area contributed by atoms with Crippen molar-refractivity contribution in [3.05, 3.63) is 34.9 Å². The van der Waals surface area contributed by atoms with Gasteiger partial charge in [-0.1, -0.05) is 133 Å². The van der Waals surface area contributed by atoms with Gasteiger partial charge in [-0.05, 0) is 210 Å². The summed E-state index contributed by atoms with van der Waals surface area (Å²) < 4.78 is 0. The number of rotatable bonds is 6. The summed E-state index contributed by atoms with van der Waals surface area (Å²) in [5.74, 6) is 12.0. The molecule has 0 amide bonds. The molecule has 0 N–H and O–H groups in total. The lowest BCUT2D eigenvalue weighted by Crippen LogP contribution is -2.48. The molecule has 9 aliphatic carbocycles. The van der Waals surface area contributed by atoms with Crippen LogP contribution in [0.5, 0.6) is 0 Å². The molecule has 0 saturated heterocycles. The van der Waals surface area contributed by atoms with Crippen LogP contribution in [-0.2, 0) is 14.4 Å². The zero-order valence-corrected chi connectivity index (χ0v) is 40.2. The normalized spacial score (nSPS) is 42.4. The molecule has 0 bridgehead atoms. The van der Waals surface area contributed by atoms with Crippen molar-refractivity contribution in [3.8, 4) is 0 Å². The summed E-state index contributed by atoms with van der Waals surface area (Å²) in [6.07, 6.45) is 38.8. The Hall–Kier alpha value is -1.77. The summed E-state index contributed by atoms with van der Waals surface area (Å²) in [5, 5.41) is 0. The highest BCUT2D eigenvalue weighted by molar-refractivity contribution is 5.61. The van der Waals surface area contributed by atoms with Gasteiger partial charge in [-0.2, -0.15) is 0 Å². The van der Waals surface area contributed by atoms with E-state index < -0.39 is 0 Å². The fraction of sp³-hybridized carbons (Fsp3) is 0.850. The molecule has 0 aromatic carbocycles. The predicted molar refractivity (Wildman–Crippen MR) is 275 cm³/mol. The Kier molecular flexibility index (Phi) is 19.1. The second-order valence-electron chi connectivity index (χ2n) is 24.5. The van der Waals surface area contributed by atoms with Crippen molar-refractivity contribution in [1.29, 1.82) is 0 Å². The molecule has 0 spiro atoms. The predicted octanol–water partition coefficient (Wildman–Crippen LogP) is 17.4. The molecule has 3 unspecified atom stereocenters. The molecule has 364 valence electrons. The van der Waals surface area contributed by atoms with Gasteiger partial charge in [0, 0.05) is 19.1 Å². The Labute approximate surface area is 394 Å². The molecular weight excluding hydrogens is 769 g/mol. The van der Waals surface area contributed by atoms with Crippen LogP contribution in [0.2, 0.25) is 0 Å². The topological polar surface area (TPSA) is 51.2 Å². The van der Waals surface area contributed by atoms with Crippen LogP contribution in [0, 0.1) is 105 Å². The highest BCUT2D eigenvalue weighted by Crippen LogP contribution is 2.59. The molecule has 0 radical (unpaired) electrons. The van der Waals surface area contributed by atoms with E-state index in [1.165, 1.54) is 128 Å². The lowest BCUT2D eigenvalue weighted by Gasteiger charge is -2.54. The largest absolute Gasteiger partial charge is 0.303 e. The molecule has 9 aliphatic rings. The molecule has 63 heavy (non-hydrogen) atoms. The first kappa shape index (κ1) is 53.8. The zero-order chi connectivity index (χ0) is 43.0. The maximum absolute atomic E-state index is 11.6. The number of hydrogen-bond donors (Lipinski definition) is 0. The molecular formula is C60H106O3. The molecule has 15 atom stereocenters. The summed E-state index contributed by atoms with van der Waals surface area (Å²) in [6, 6.07) is 0.